The van der Waals surface area contributed by atoms with E-state index in [1.165, 1.54) is 11.1 Å². The lowest BCUT2D eigenvalue weighted by atomic mass is 9.86. The number of carbonyl (C=O) groups is 1. The van der Waals surface area contributed by atoms with Crippen molar-refractivity contribution < 1.29 is 4.79 Å². The van der Waals surface area contributed by atoms with Crippen LogP contribution in [0.4, 0.5) is 0 Å². The number of hydrogen-bond acceptors (Lipinski definition) is 2. The lowest BCUT2D eigenvalue weighted by molar-refractivity contribution is -0.137. The summed E-state index contributed by atoms with van der Waals surface area (Å²) in [5.74, 6) is 0.592. The van der Waals surface area contributed by atoms with Gasteiger partial charge in [0, 0.05) is 19.0 Å². The average molecular weight is 309 g/mol. The standard InChI is InChI=1S/C17H24N2O.ClH/c1-19(17(20)14-8-10-18-11-9-14)16-7-6-13-4-2-3-5-15(13)12-16;/h2-5,14,16,18H,6-12H2,1H3;1H. The number of nitrogens with zero attached hydrogens (tertiary/aromatic N) is 1. The van der Waals surface area contributed by atoms with Crippen LogP contribution in [-0.2, 0) is 17.6 Å². The number of halogens is 1. The van der Waals surface area contributed by atoms with E-state index in [0.29, 0.717) is 11.9 Å². The summed E-state index contributed by atoms with van der Waals surface area (Å²) in [7, 11) is 2.00. The number of nitrogens with one attached hydrogen (secondary N) is 1. The van der Waals surface area contributed by atoms with E-state index in [9.17, 15) is 4.79 Å². The number of rotatable bonds is 2. The Labute approximate surface area is 133 Å². The summed E-state index contributed by atoms with van der Waals surface area (Å²) >= 11 is 0. The molecule has 3 rings (SSSR count). The first-order valence-electron chi connectivity index (χ1n) is 7.80. The lowest BCUT2D eigenvalue weighted by Gasteiger charge is -2.35. The molecule has 1 N–H and O–H groups in total. The highest BCUT2D eigenvalue weighted by molar-refractivity contribution is 5.85. The summed E-state index contributed by atoms with van der Waals surface area (Å²) in [6, 6.07) is 9.04. The maximum absolute atomic E-state index is 12.6. The predicted molar refractivity (Wildman–Crippen MR) is 87.9 cm³/mol. The molecule has 0 spiro atoms. The van der Waals surface area contributed by atoms with Crippen LogP contribution in [0.25, 0.3) is 0 Å². The Hall–Kier alpha value is -1.06. The monoisotopic (exact) mass is 308 g/mol. The molecule has 1 fully saturated rings. The van der Waals surface area contributed by atoms with Crippen LogP contribution in [0.3, 0.4) is 0 Å². The van der Waals surface area contributed by atoms with Crippen molar-refractivity contribution in [1.82, 2.24) is 10.2 Å². The van der Waals surface area contributed by atoms with E-state index in [0.717, 1.165) is 45.2 Å². The fourth-order valence-corrected chi connectivity index (χ4v) is 3.55. The highest BCUT2D eigenvalue weighted by Crippen LogP contribution is 2.25. The summed E-state index contributed by atoms with van der Waals surface area (Å²) in [5, 5.41) is 3.33. The Kier molecular flexibility index (Phi) is 5.65. The van der Waals surface area contributed by atoms with Crippen LogP contribution in [0, 0.1) is 5.92 Å². The van der Waals surface area contributed by atoms with Crippen molar-refractivity contribution in [2.75, 3.05) is 20.1 Å². The van der Waals surface area contributed by atoms with E-state index in [1.807, 2.05) is 11.9 Å². The Morgan fingerprint density at radius 3 is 2.52 bits per heavy atom. The minimum absolute atomic E-state index is 0. The molecule has 0 aromatic heterocycles. The van der Waals surface area contributed by atoms with Gasteiger partial charge in [0.05, 0.1) is 0 Å². The molecule has 1 saturated heterocycles. The molecule has 1 amide bonds. The number of aryl methyl sites for hydroxylation is 1. The van der Waals surface area contributed by atoms with Gasteiger partial charge in [-0.25, -0.2) is 0 Å². The molecule has 0 radical (unpaired) electrons. The summed E-state index contributed by atoms with van der Waals surface area (Å²) in [4.78, 5) is 14.6. The van der Waals surface area contributed by atoms with Crippen LogP contribution in [0.5, 0.6) is 0 Å². The molecule has 1 aromatic rings. The molecule has 1 aliphatic carbocycles. The lowest BCUT2D eigenvalue weighted by Crippen LogP contribution is -2.45. The van der Waals surface area contributed by atoms with Crippen LogP contribution >= 0.6 is 12.4 Å². The molecular weight excluding hydrogens is 284 g/mol. The molecule has 1 aromatic carbocycles. The quantitative estimate of drug-likeness (QED) is 0.910. The van der Waals surface area contributed by atoms with E-state index in [1.54, 1.807) is 0 Å². The molecule has 1 atom stereocenters. The Morgan fingerprint density at radius 1 is 1.14 bits per heavy atom. The topological polar surface area (TPSA) is 32.3 Å². The Morgan fingerprint density at radius 2 is 1.81 bits per heavy atom. The zero-order chi connectivity index (χ0) is 13.9. The van der Waals surface area contributed by atoms with Crippen molar-refractivity contribution in [2.24, 2.45) is 5.92 Å². The number of amides is 1. The van der Waals surface area contributed by atoms with Crippen LogP contribution in [-0.4, -0.2) is 37.0 Å². The van der Waals surface area contributed by atoms with Crippen molar-refractivity contribution in [2.45, 2.75) is 38.1 Å². The van der Waals surface area contributed by atoms with Gasteiger partial charge in [0.25, 0.3) is 0 Å². The van der Waals surface area contributed by atoms with Gasteiger partial charge in [-0.05, 0) is 56.3 Å². The first-order chi connectivity index (χ1) is 9.75. The molecule has 2 aliphatic rings. The Balaban J connectivity index is 0.00000161. The molecule has 0 bridgehead atoms. The molecule has 1 aliphatic heterocycles. The third kappa shape index (κ3) is 3.58. The van der Waals surface area contributed by atoms with Gasteiger partial charge in [-0.1, -0.05) is 24.3 Å². The van der Waals surface area contributed by atoms with Crippen LogP contribution in [0.1, 0.15) is 30.4 Å². The number of benzene rings is 1. The first kappa shape index (κ1) is 16.3. The summed E-state index contributed by atoms with van der Waals surface area (Å²) in [6.07, 6.45) is 5.21. The number of carbonyl (C=O) groups excluding carboxylic acids is 1. The number of fused-ring (bicyclic) bond motifs is 1. The molecule has 21 heavy (non-hydrogen) atoms. The molecule has 116 valence electrons. The molecule has 1 unspecified atom stereocenters. The van der Waals surface area contributed by atoms with E-state index < -0.39 is 0 Å². The second kappa shape index (κ2) is 7.28. The number of piperidine rings is 1. The molecular formula is C17H25ClN2O. The van der Waals surface area contributed by atoms with E-state index >= 15 is 0 Å². The second-order valence-electron chi connectivity index (χ2n) is 6.14. The fourth-order valence-electron chi connectivity index (χ4n) is 3.55. The minimum Gasteiger partial charge on any atom is -0.342 e. The van der Waals surface area contributed by atoms with E-state index in [2.05, 4.69) is 29.6 Å². The van der Waals surface area contributed by atoms with Gasteiger partial charge in [0.15, 0.2) is 0 Å². The highest BCUT2D eigenvalue weighted by Gasteiger charge is 2.29. The second-order valence-corrected chi connectivity index (χ2v) is 6.14. The molecule has 1 heterocycles. The largest absolute Gasteiger partial charge is 0.342 e. The third-order valence-corrected chi connectivity index (χ3v) is 4.90. The maximum atomic E-state index is 12.6. The predicted octanol–water partition coefficient (Wildman–Crippen LogP) is 2.42. The van der Waals surface area contributed by atoms with Gasteiger partial charge >= 0.3 is 0 Å². The van der Waals surface area contributed by atoms with Crippen molar-refractivity contribution in [3.63, 3.8) is 0 Å². The highest BCUT2D eigenvalue weighted by atomic mass is 35.5. The normalized spacial score (nSPS) is 22.0. The van der Waals surface area contributed by atoms with E-state index in [4.69, 9.17) is 0 Å². The minimum atomic E-state index is 0. The van der Waals surface area contributed by atoms with Crippen molar-refractivity contribution in [1.29, 1.82) is 0 Å². The van der Waals surface area contributed by atoms with Gasteiger partial charge < -0.3 is 10.2 Å². The smallest absolute Gasteiger partial charge is 0.225 e. The fraction of sp³-hybridized carbons (Fsp3) is 0.588. The SMILES string of the molecule is CN(C(=O)C1CCNCC1)C1CCc2ccccc2C1.Cl. The Bertz CT molecular complexity index is 485. The third-order valence-electron chi connectivity index (χ3n) is 4.90. The van der Waals surface area contributed by atoms with Gasteiger partial charge in [0.1, 0.15) is 0 Å². The average Bonchev–Trinajstić information content (AvgIpc) is 2.54. The number of likely N-dealkylation sites (N-methyl/N-ethyl adjacent to an activating group) is 1. The zero-order valence-corrected chi connectivity index (χ0v) is 13.5. The number of hydrogen-bond donors (Lipinski definition) is 1. The van der Waals surface area contributed by atoms with Crippen molar-refractivity contribution in [3.05, 3.63) is 35.4 Å². The van der Waals surface area contributed by atoms with Crippen molar-refractivity contribution in [3.8, 4) is 0 Å². The summed E-state index contributed by atoms with van der Waals surface area (Å²) < 4.78 is 0. The van der Waals surface area contributed by atoms with Crippen LogP contribution in [0.15, 0.2) is 24.3 Å². The molecule has 3 nitrogen and oxygen atoms in total. The summed E-state index contributed by atoms with van der Waals surface area (Å²) in [5.41, 5.74) is 2.89. The summed E-state index contributed by atoms with van der Waals surface area (Å²) in [6.45, 7) is 1.97. The van der Waals surface area contributed by atoms with Gasteiger partial charge in [-0.3, -0.25) is 4.79 Å². The zero-order valence-electron chi connectivity index (χ0n) is 12.7. The van der Waals surface area contributed by atoms with Crippen LogP contribution in [0.2, 0.25) is 0 Å². The van der Waals surface area contributed by atoms with Crippen molar-refractivity contribution >= 4 is 18.3 Å². The maximum Gasteiger partial charge on any atom is 0.225 e. The van der Waals surface area contributed by atoms with Gasteiger partial charge in [-0.15, -0.1) is 12.4 Å². The van der Waals surface area contributed by atoms with Crippen LogP contribution < -0.4 is 5.32 Å². The molecule has 4 heteroatoms. The first-order valence-corrected chi connectivity index (χ1v) is 7.80. The van der Waals surface area contributed by atoms with Gasteiger partial charge in [-0.2, -0.15) is 0 Å². The molecule has 0 saturated carbocycles. The van der Waals surface area contributed by atoms with Gasteiger partial charge in [0.2, 0.25) is 5.91 Å². The van der Waals surface area contributed by atoms with E-state index in [-0.39, 0.29) is 18.3 Å².